The van der Waals surface area contributed by atoms with E-state index in [1.165, 1.54) is 5.56 Å². The summed E-state index contributed by atoms with van der Waals surface area (Å²) < 4.78 is 0. The van der Waals surface area contributed by atoms with Crippen molar-refractivity contribution in [3.05, 3.63) is 73.3 Å². The second-order valence-electron chi connectivity index (χ2n) is 4.92. The summed E-state index contributed by atoms with van der Waals surface area (Å²) in [7, 11) is 0. The number of pyridine rings is 2. The first-order chi connectivity index (χ1) is 10.4. The predicted molar refractivity (Wildman–Crippen MR) is 84.8 cm³/mol. The van der Waals surface area contributed by atoms with Gasteiger partial charge in [0.05, 0.1) is 0 Å². The van der Waals surface area contributed by atoms with Gasteiger partial charge in [0.25, 0.3) is 0 Å². The minimum atomic E-state index is 0.904. The molecule has 4 rings (SSSR count). The van der Waals surface area contributed by atoms with Crippen LogP contribution in [0.15, 0.2) is 73.3 Å². The summed E-state index contributed by atoms with van der Waals surface area (Å²) in [6, 6.07) is 16.5. The van der Waals surface area contributed by atoms with Crippen LogP contribution in [0.3, 0.4) is 0 Å². The number of H-pyrrole nitrogens is 1. The highest BCUT2D eigenvalue weighted by Gasteiger charge is 2.08. The average molecular weight is 271 g/mol. The minimum Gasteiger partial charge on any atom is -0.346 e. The van der Waals surface area contributed by atoms with Gasteiger partial charge in [-0.15, -0.1) is 0 Å². The molecule has 1 N–H and O–H groups in total. The fourth-order valence-electron chi connectivity index (χ4n) is 2.56. The van der Waals surface area contributed by atoms with Crippen LogP contribution in [0.5, 0.6) is 0 Å². The average Bonchev–Trinajstić information content (AvgIpc) is 2.99. The minimum absolute atomic E-state index is 0.904. The number of hydrogen-bond acceptors (Lipinski definition) is 2. The van der Waals surface area contributed by atoms with Crippen molar-refractivity contribution in [3.8, 4) is 22.3 Å². The van der Waals surface area contributed by atoms with Crippen LogP contribution in [-0.2, 0) is 0 Å². The van der Waals surface area contributed by atoms with Gasteiger partial charge in [0.1, 0.15) is 5.65 Å². The van der Waals surface area contributed by atoms with Crippen LogP contribution < -0.4 is 0 Å². The summed E-state index contributed by atoms with van der Waals surface area (Å²) >= 11 is 0. The molecule has 0 aliphatic heterocycles. The molecule has 0 aliphatic carbocycles. The summed E-state index contributed by atoms with van der Waals surface area (Å²) in [6.07, 6.45) is 7.53. The molecule has 100 valence electrons. The van der Waals surface area contributed by atoms with Gasteiger partial charge in [0, 0.05) is 41.3 Å². The molecule has 21 heavy (non-hydrogen) atoms. The zero-order chi connectivity index (χ0) is 14.1. The van der Waals surface area contributed by atoms with Gasteiger partial charge >= 0.3 is 0 Å². The Hall–Kier alpha value is -2.94. The van der Waals surface area contributed by atoms with E-state index >= 15 is 0 Å². The van der Waals surface area contributed by atoms with Gasteiger partial charge in [0.2, 0.25) is 0 Å². The summed E-state index contributed by atoms with van der Waals surface area (Å²) in [5.41, 5.74) is 5.49. The van der Waals surface area contributed by atoms with Gasteiger partial charge in [-0.2, -0.15) is 0 Å². The zero-order valence-corrected chi connectivity index (χ0v) is 11.3. The lowest BCUT2D eigenvalue weighted by molar-refractivity contribution is 1.32. The maximum absolute atomic E-state index is 4.53. The second-order valence-corrected chi connectivity index (χ2v) is 4.92. The third kappa shape index (κ3) is 2.09. The first kappa shape index (κ1) is 11.9. The highest BCUT2D eigenvalue weighted by atomic mass is 14.8. The molecule has 0 amide bonds. The van der Waals surface area contributed by atoms with Gasteiger partial charge in [-0.3, -0.25) is 4.98 Å². The molecule has 0 saturated carbocycles. The van der Waals surface area contributed by atoms with Gasteiger partial charge in [-0.25, -0.2) is 4.98 Å². The van der Waals surface area contributed by atoms with Crippen molar-refractivity contribution in [1.82, 2.24) is 15.0 Å². The van der Waals surface area contributed by atoms with Crippen molar-refractivity contribution in [2.24, 2.45) is 0 Å². The molecule has 0 aliphatic rings. The van der Waals surface area contributed by atoms with Crippen molar-refractivity contribution >= 4 is 11.0 Å². The van der Waals surface area contributed by atoms with Crippen LogP contribution in [0.2, 0.25) is 0 Å². The maximum Gasteiger partial charge on any atom is 0.137 e. The largest absolute Gasteiger partial charge is 0.346 e. The Labute approximate surface area is 122 Å². The molecule has 0 atom stereocenters. The molecule has 0 saturated heterocycles. The molecule has 3 aromatic heterocycles. The first-order valence-corrected chi connectivity index (χ1v) is 6.85. The fourth-order valence-corrected chi connectivity index (χ4v) is 2.56. The number of aromatic amines is 1. The molecule has 3 heterocycles. The molecular weight excluding hydrogens is 258 g/mol. The van der Waals surface area contributed by atoms with E-state index in [1.807, 2.05) is 55.1 Å². The molecule has 0 spiro atoms. The van der Waals surface area contributed by atoms with Gasteiger partial charge in [0.15, 0.2) is 0 Å². The smallest absolute Gasteiger partial charge is 0.137 e. The Kier molecular flexibility index (Phi) is 2.75. The van der Waals surface area contributed by atoms with E-state index in [0.717, 1.165) is 27.7 Å². The summed E-state index contributed by atoms with van der Waals surface area (Å²) in [6.45, 7) is 0. The van der Waals surface area contributed by atoms with E-state index in [4.69, 9.17) is 0 Å². The first-order valence-electron chi connectivity index (χ1n) is 6.85. The number of nitrogens with zero attached hydrogens (tertiary/aromatic N) is 2. The quantitative estimate of drug-likeness (QED) is 0.591. The number of nitrogens with one attached hydrogen (secondary N) is 1. The summed E-state index contributed by atoms with van der Waals surface area (Å²) in [5, 5.41) is 1.13. The van der Waals surface area contributed by atoms with Crippen LogP contribution in [-0.4, -0.2) is 15.0 Å². The Balaban J connectivity index is 1.91. The second kappa shape index (κ2) is 4.87. The molecule has 1 aromatic carbocycles. The lowest BCUT2D eigenvalue weighted by Crippen LogP contribution is -1.82. The van der Waals surface area contributed by atoms with E-state index in [9.17, 15) is 0 Å². The van der Waals surface area contributed by atoms with Crippen molar-refractivity contribution in [1.29, 1.82) is 0 Å². The molecule has 3 nitrogen and oxygen atoms in total. The molecule has 4 aromatic rings. The Morgan fingerprint density at radius 1 is 0.810 bits per heavy atom. The number of fused-ring (bicyclic) bond motifs is 1. The zero-order valence-electron chi connectivity index (χ0n) is 11.3. The molecule has 0 radical (unpaired) electrons. The Morgan fingerprint density at radius 3 is 2.43 bits per heavy atom. The van der Waals surface area contributed by atoms with E-state index in [-0.39, 0.29) is 0 Å². The van der Waals surface area contributed by atoms with Crippen molar-refractivity contribution in [3.63, 3.8) is 0 Å². The van der Waals surface area contributed by atoms with Gasteiger partial charge in [-0.05, 0) is 29.3 Å². The van der Waals surface area contributed by atoms with Crippen LogP contribution >= 0.6 is 0 Å². The van der Waals surface area contributed by atoms with E-state index < -0.39 is 0 Å². The van der Waals surface area contributed by atoms with Gasteiger partial charge in [-0.1, -0.05) is 30.3 Å². The highest BCUT2D eigenvalue weighted by molar-refractivity contribution is 5.95. The maximum atomic E-state index is 4.53. The Morgan fingerprint density at radius 2 is 1.62 bits per heavy atom. The lowest BCUT2D eigenvalue weighted by atomic mass is 10.0. The number of aromatic nitrogens is 3. The normalized spacial score (nSPS) is 10.9. The van der Waals surface area contributed by atoms with Crippen LogP contribution in [0.1, 0.15) is 0 Å². The molecule has 0 unspecified atom stereocenters. The fraction of sp³-hybridized carbons (Fsp3) is 0. The van der Waals surface area contributed by atoms with Crippen molar-refractivity contribution in [2.75, 3.05) is 0 Å². The Bertz CT molecular complexity index is 880. The SMILES string of the molecule is c1ccc(-c2cnc3[nH]cc(-c4ccncc4)c3c2)cc1. The lowest BCUT2D eigenvalue weighted by Gasteiger charge is -2.03. The monoisotopic (exact) mass is 271 g/mol. The van der Waals surface area contributed by atoms with E-state index in [1.54, 1.807) is 0 Å². The van der Waals surface area contributed by atoms with Crippen molar-refractivity contribution in [2.45, 2.75) is 0 Å². The van der Waals surface area contributed by atoms with E-state index in [0.29, 0.717) is 0 Å². The number of hydrogen-bond donors (Lipinski definition) is 1. The summed E-state index contributed by atoms with van der Waals surface area (Å²) in [5.74, 6) is 0. The number of benzene rings is 1. The number of rotatable bonds is 2. The molecule has 3 heteroatoms. The third-order valence-electron chi connectivity index (χ3n) is 3.63. The predicted octanol–water partition coefficient (Wildman–Crippen LogP) is 4.29. The van der Waals surface area contributed by atoms with Crippen LogP contribution in [0.4, 0.5) is 0 Å². The van der Waals surface area contributed by atoms with Crippen LogP contribution in [0, 0.1) is 0 Å². The highest BCUT2D eigenvalue weighted by Crippen LogP contribution is 2.30. The van der Waals surface area contributed by atoms with E-state index in [2.05, 4.69) is 33.2 Å². The molecule has 0 fully saturated rings. The molecular formula is C18H13N3. The van der Waals surface area contributed by atoms with Crippen molar-refractivity contribution < 1.29 is 0 Å². The topological polar surface area (TPSA) is 41.6 Å². The van der Waals surface area contributed by atoms with Gasteiger partial charge < -0.3 is 4.98 Å². The molecule has 0 bridgehead atoms. The third-order valence-corrected chi connectivity index (χ3v) is 3.63. The standard InChI is InChI=1S/C18H13N3/c1-2-4-13(5-3-1)15-10-16-17(12-21-18(16)20-11-15)14-6-8-19-9-7-14/h1-12H,(H,20,21). The van der Waals surface area contributed by atoms with Crippen LogP contribution in [0.25, 0.3) is 33.3 Å². The summed E-state index contributed by atoms with van der Waals surface area (Å²) in [4.78, 5) is 11.8.